The van der Waals surface area contributed by atoms with Crippen molar-refractivity contribution in [1.29, 1.82) is 0 Å². The van der Waals surface area contributed by atoms with E-state index in [1.807, 2.05) is 65.0 Å². The Bertz CT molecular complexity index is 1510. The highest BCUT2D eigenvalue weighted by molar-refractivity contribution is 9.09. The van der Waals surface area contributed by atoms with E-state index in [-0.39, 0.29) is 53.5 Å². The van der Waals surface area contributed by atoms with Gasteiger partial charge in [-0.1, -0.05) is 99.5 Å². The van der Waals surface area contributed by atoms with Gasteiger partial charge in [0.15, 0.2) is 0 Å². The molecule has 10 atom stereocenters. The predicted octanol–water partition coefficient (Wildman–Crippen LogP) is 6.47. The van der Waals surface area contributed by atoms with Crippen LogP contribution in [0.5, 0.6) is 0 Å². The van der Waals surface area contributed by atoms with Crippen molar-refractivity contribution in [3.63, 3.8) is 0 Å². The number of carbonyl (C=O) groups is 4. The third-order valence-corrected chi connectivity index (χ3v) is 12.6. The zero-order valence-corrected chi connectivity index (χ0v) is 34.8. The first-order chi connectivity index (χ1) is 24.8. The molecule has 3 saturated heterocycles. The van der Waals surface area contributed by atoms with Gasteiger partial charge in [-0.05, 0) is 56.9 Å². The fourth-order valence-corrected chi connectivity index (χ4v) is 10.2. The van der Waals surface area contributed by atoms with Crippen molar-refractivity contribution in [3.05, 3.63) is 61.2 Å². The summed E-state index contributed by atoms with van der Waals surface area (Å²) in [5, 5.41) is 10.9. The smallest absolute Gasteiger partial charge is 0.313 e. The molecule has 1 spiro atoms. The number of nitrogens with zero attached hydrogens (tertiary/aromatic N) is 3. The first-order valence-corrected chi connectivity index (χ1v) is 20.0. The van der Waals surface area contributed by atoms with Crippen LogP contribution in [-0.4, -0.2) is 104 Å². The van der Waals surface area contributed by atoms with Crippen molar-refractivity contribution in [1.82, 2.24) is 14.7 Å². The summed E-state index contributed by atoms with van der Waals surface area (Å²) in [5.74, 6) is -3.62. The van der Waals surface area contributed by atoms with E-state index in [0.29, 0.717) is 31.2 Å². The fourth-order valence-electron chi connectivity index (χ4n) is 9.22. The topological polar surface area (TPSA) is 117 Å². The maximum absolute atomic E-state index is 15.3. The zero-order valence-electron chi connectivity index (χ0n) is 33.2. The van der Waals surface area contributed by atoms with Gasteiger partial charge in [0, 0.05) is 30.4 Å². The number of rotatable bonds is 17. The van der Waals surface area contributed by atoms with Crippen LogP contribution in [0, 0.1) is 23.2 Å². The number of halogens is 1. The Morgan fingerprint density at radius 3 is 2.32 bits per heavy atom. The minimum absolute atomic E-state index is 0.112. The molecular formula is C42H62BrN3O7. The molecule has 3 aliphatic rings. The van der Waals surface area contributed by atoms with Gasteiger partial charge in [0.25, 0.3) is 0 Å². The highest BCUT2D eigenvalue weighted by Gasteiger charge is 2.78. The summed E-state index contributed by atoms with van der Waals surface area (Å²) in [6.07, 6.45) is 4.25. The van der Waals surface area contributed by atoms with E-state index in [2.05, 4.69) is 49.9 Å². The van der Waals surface area contributed by atoms with Gasteiger partial charge in [-0.15, -0.1) is 13.2 Å². The highest BCUT2D eigenvalue weighted by Crippen LogP contribution is 2.61. The lowest BCUT2D eigenvalue weighted by molar-refractivity contribution is -0.165. The Balaban J connectivity index is 1.81. The standard InChI is InChI=1S/C42H62BrN3O7/c1-12-15-21-31(48)44(11)27(5)34(28-19-17-16-18-20-28)52-39(51)32-33-37(49)46(30(24-47)26(4)14-3)36(42(33)23-29(43)35(32)53-42)38(50)45(22-13-2)41(9,10)25-40(6,7)8/h12-13,16-20,26-27,29-30,32-36,47H,1-2,14-15,21-25H2,3-11H3/t26-,27-,29?,30-,32+,33-,34+,35+,36+,42-/m0/s1. The second-order valence-corrected chi connectivity index (χ2v) is 18.3. The van der Waals surface area contributed by atoms with Crippen molar-refractivity contribution in [3.8, 4) is 0 Å². The van der Waals surface area contributed by atoms with Crippen LogP contribution in [0.1, 0.15) is 99.2 Å². The van der Waals surface area contributed by atoms with E-state index in [1.165, 1.54) is 0 Å². The van der Waals surface area contributed by atoms with Crippen LogP contribution in [-0.2, 0) is 28.7 Å². The third kappa shape index (κ3) is 8.32. The molecule has 53 heavy (non-hydrogen) atoms. The SMILES string of the molecule is C=CCCC(=O)N(C)[C@@H](C)[C@@H](OC(=O)[C@H]1[C@@H]2O[C@@]3(CC2Br)[C@@H]1C(=O)N([C@@H](CO)[C@@H](C)CC)[C@@H]3C(=O)N(CC=C)C(C)(C)CC(C)(C)C)c1ccccc1. The molecule has 11 heteroatoms. The highest BCUT2D eigenvalue weighted by atomic mass is 79.9. The average Bonchev–Trinajstić information content (AvgIpc) is 3.70. The Morgan fingerprint density at radius 1 is 1.13 bits per heavy atom. The van der Waals surface area contributed by atoms with Crippen LogP contribution in [0.15, 0.2) is 55.6 Å². The number of esters is 1. The summed E-state index contributed by atoms with van der Waals surface area (Å²) in [7, 11) is 1.69. The predicted molar refractivity (Wildman–Crippen MR) is 210 cm³/mol. The van der Waals surface area contributed by atoms with E-state index in [0.717, 1.165) is 0 Å². The Hall–Kier alpha value is -3.02. The second-order valence-electron chi connectivity index (χ2n) is 17.2. The zero-order chi connectivity index (χ0) is 39.6. The Labute approximate surface area is 325 Å². The van der Waals surface area contributed by atoms with Crippen LogP contribution in [0.3, 0.4) is 0 Å². The number of likely N-dealkylation sites (N-methyl/N-ethyl adjacent to an activating group) is 1. The normalized spacial score (nSPS) is 27.4. The van der Waals surface area contributed by atoms with Gasteiger partial charge in [-0.2, -0.15) is 0 Å². The number of aliphatic hydroxyl groups is 1. The largest absolute Gasteiger partial charge is 0.455 e. The lowest BCUT2D eigenvalue weighted by Gasteiger charge is -2.47. The maximum Gasteiger partial charge on any atom is 0.313 e. The number of alkyl halides is 1. The van der Waals surface area contributed by atoms with E-state index < -0.39 is 59.3 Å². The number of hydrogen-bond donors (Lipinski definition) is 1. The lowest BCUT2D eigenvalue weighted by atomic mass is 9.70. The van der Waals surface area contributed by atoms with Crippen molar-refractivity contribution in [2.75, 3.05) is 20.2 Å². The maximum atomic E-state index is 15.3. The molecule has 0 radical (unpaired) electrons. The van der Waals surface area contributed by atoms with Gasteiger partial charge >= 0.3 is 5.97 Å². The molecule has 4 rings (SSSR count). The molecule has 0 saturated carbocycles. The van der Waals surface area contributed by atoms with E-state index >= 15 is 9.59 Å². The van der Waals surface area contributed by atoms with Gasteiger partial charge in [0.05, 0.1) is 36.6 Å². The molecule has 3 amide bonds. The number of hydrogen-bond acceptors (Lipinski definition) is 7. The first-order valence-electron chi connectivity index (χ1n) is 19.1. The summed E-state index contributed by atoms with van der Waals surface area (Å²) in [5.41, 5.74) is -1.39. The number of carbonyl (C=O) groups excluding carboxylic acids is 4. The minimum atomic E-state index is -1.35. The summed E-state index contributed by atoms with van der Waals surface area (Å²) >= 11 is 3.79. The molecule has 3 fully saturated rings. The molecule has 294 valence electrons. The van der Waals surface area contributed by atoms with Gasteiger partial charge in [-0.3, -0.25) is 19.2 Å². The van der Waals surface area contributed by atoms with Crippen molar-refractivity contribution in [2.24, 2.45) is 23.2 Å². The average molecular weight is 801 g/mol. The monoisotopic (exact) mass is 799 g/mol. The van der Waals surface area contributed by atoms with Gasteiger partial charge < -0.3 is 29.3 Å². The molecule has 1 aromatic carbocycles. The number of amides is 3. The number of benzene rings is 1. The van der Waals surface area contributed by atoms with Crippen molar-refractivity contribution in [2.45, 2.75) is 134 Å². The molecule has 0 aromatic heterocycles. The molecule has 3 aliphatic heterocycles. The number of ether oxygens (including phenoxy) is 2. The molecule has 2 bridgehead atoms. The van der Waals surface area contributed by atoms with Crippen LogP contribution in [0.25, 0.3) is 0 Å². The molecule has 1 unspecified atom stereocenters. The van der Waals surface area contributed by atoms with Crippen LogP contribution in [0.2, 0.25) is 0 Å². The number of aliphatic hydroxyl groups excluding tert-OH is 1. The van der Waals surface area contributed by atoms with E-state index in [1.54, 1.807) is 33.9 Å². The molecular weight excluding hydrogens is 738 g/mol. The van der Waals surface area contributed by atoms with Crippen LogP contribution < -0.4 is 0 Å². The summed E-state index contributed by atoms with van der Waals surface area (Å²) in [4.78, 5) is 62.7. The van der Waals surface area contributed by atoms with Gasteiger partial charge in [-0.25, -0.2) is 0 Å². The van der Waals surface area contributed by atoms with Crippen molar-refractivity contribution < 1.29 is 33.8 Å². The fraction of sp³-hybridized carbons (Fsp3) is 0.667. The summed E-state index contributed by atoms with van der Waals surface area (Å²) in [6, 6.07) is 6.95. The first kappa shape index (κ1) is 42.7. The van der Waals surface area contributed by atoms with Crippen LogP contribution in [0.4, 0.5) is 0 Å². The molecule has 1 aromatic rings. The number of fused-ring (bicyclic) bond motifs is 1. The van der Waals surface area contributed by atoms with Crippen LogP contribution >= 0.6 is 15.9 Å². The molecule has 1 N–H and O–H groups in total. The Kier molecular flexibility index (Phi) is 13.5. The van der Waals surface area contributed by atoms with Gasteiger partial charge in [0.1, 0.15) is 17.7 Å². The second kappa shape index (κ2) is 16.8. The molecule has 3 heterocycles. The molecule has 10 nitrogen and oxygen atoms in total. The third-order valence-electron chi connectivity index (χ3n) is 11.7. The van der Waals surface area contributed by atoms with E-state index in [4.69, 9.17) is 9.47 Å². The Morgan fingerprint density at radius 2 is 1.77 bits per heavy atom. The summed E-state index contributed by atoms with van der Waals surface area (Å²) < 4.78 is 13.3. The van der Waals surface area contributed by atoms with Gasteiger partial charge in [0.2, 0.25) is 17.7 Å². The minimum Gasteiger partial charge on any atom is -0.455 e. The molecule has 0 aliphatic carbocycles. The van der Waals surface area contributed by atoms with E-state index in [9.17, 15) is 14.7 Å². The number of likely N-dealkylation sites (tertiary alicyclic amines) is 1. The quantitative estimate of drug-likeness (QED) is 0.109. The van der Waals surface area contributed by atoms with Crippen molar-refractivity contribution >= 4 is 39.6 Å². The number of allylic oxidation sites excluding steroid dienone is 1. The summed E-state index contributed by atoms with van der Waals surface area (Å²) in [6.45, 7) is 23.8. The lowest BCUT2D eigenvalue weighted by Crippen LogP contribution is -2.63.